The molecule has 1 aliphatic heterocycles. The minimum Gasteiger partial charge on any atom is -0.352 e. The molecule has 9 heteroatoms. The fourth-order valence-corrected chi connectivity index (χ4v) is 2.08. The Balaban J connectivity index is 2.89. The van der Waals surface area contributed by atoms with Gasteiger partial charge in [-0.2, -0.15) is 4.57 Å². The van der Waals surface area contributed by atoms with Crippen LogP contribution in [0.5, 0.6) is 0 Å². The molecule has 1 aliphatic rings. The van der Waals surface area contributed by atoms with Gasteiger partial charge in [-0.15, -0.1) is 0 Å². The molecule has 8 nitrogen and oxygen atoms in total. The van der Waals surface area contributed by atoms with Gasteiger partial charge in [0.05, 0.1) is 0 Å². The van der Waals surface area contributed by atoms with Gasteiger partial charge in [0.15, 0.2) is 0 Å². The molecule has 0 aromatic heterocycles. The summed E-state index contributed by atoms with van der Waals surface area (Å²) in [6.07, 6.45) is -0.195. The summed E-state index contributed by atoms with van der Waals surface area (Å²) in [4.78, 5) is 32.8. The van der Waals surface area contributed by atoms with Crippen LogP contribution in [0, 0.1) is 0 Å². The lowest BCUT2D eigenvalue weighted by atomic mass is 10.2. The van der Waals surface area contributed by atoms with Gasteiger partial charge in [0.2, 0.25) is 0 Å². The molecule has 0 saturated carbocycles. The molecule has 1 rings (SSSR count). The summed E-state index contributed by atoms with van der Waals surface area (Å²) < 4.78 is 24.3. The fraction of sp³-hybridized carbons (Fsp3) is 0.571. The molecule has 1 fully saturated rings. The molecule has 1 heterocycles. The third-order valence-electron chi connectivity index (χ3n) is 1.62. The Hall–Kier alpha value is -1.40. The molecule has 2 atom stereocenters. The van der Waals surface area contributed by atoms with Crippen molar-refractivity contribution >= 4 is 25.7 Å². The monoisotopic (exact) mass is 251 g/mol. The highest BCUT2D eigenvalue weighted by molar-refractivity contribution is 7.50. The van der Waals surface area contributed by atoms with Gasteiger partial charge in [-0.25, -0.2) is 4.79 Å². The van der Waals surface area contributed by atoms with Crippen LogP contribution < -0.4 is 5.73 Å². The van der Waals surface area contributed by atoms with Gasteiger partial charge < -0.3 is 19.3 Å². The Morgan fingerprint density at radius 2 is 2.12 bits per heavy atom. The first kappa shape index (κ1) is 12.7. The SMILES string of the molecule is CC(=O)OP1(=O)OC(=O)CCC(N)C(=O)O1. The smallest absolute Gasteiger partial charge is 0.352 e. The average molecular weight is 251 g/mol. The highest BCUT2D eigenvalue weighted by Gasteiger charge is 2.41. The zero-order chi connectivity index (χ0) is 12.3. The highest BCUT2D eigenvalue weighted by Crippen LogP contribution is 2.51. The molecular formula is C7H10NO7P. The molecule has 1 saturated heterocycles. The van der Waals surface area contributed by atoms with Crippen LogP contribution >= 0.6 is 7.82 Å². The van der Waals surface area contributed by atoms with Crippen molar-refractivity contribution in [3.05, 3.63) is 0 Å². The third kappa shape index (κ3) is 3.32. The summed E-state index contributed by atoms with van der Waals surface area (Å²) in [6.45, 7) is 0.931. The van der Waals surface area contributed by atoms with Crippen molar-refractivity contribution in [1.29, 1.82) is 0 Å². The van der Waals surface area contributed by atoms with Crippen LogP contribution in [-0.4, -0.2) is 23.9 Å². The van der Waals surface area contributed by atoms with Crippen LogP contribution in [-0.2, 0) is 32.5 Å². The lowest BCUT2D eigenvalue weighted by molar-refractivity contribution is -0.147. The largest absolute Gasteiger partial charge is 0.653 e. The molecular weight excluding hydrogens is 241 g/mol. The standard InChI is InChI=1S/C7H10NO7P/c1-4(9)13-16(12)14-6(10)3-2-5(8)7(11)15-16/h5H,2-3,8H2,1H3. The second-order valence-electron chi connectivity index (χ2n) is 3.05. The lowest BCUT2D eigenvalue weighted by Gasteiger charge is -2.20. The third-order valence-corrected chi connectivity index (χ3v) is 2.93. The van der Waals surface area contributed by atoms with Crippen molar-refractivity contribution in [3.8, 4) is 0 Å². The minimum absolute atomic E-state index is 0.0116. The van der Waals surface area contributed by atoms with Crippen LogP contribution in [0.1, 0.15) is 19.8 Å². The van der Waals surface area contributed by atoms with Crippen molar-refractivity contribution in [2.75, 3.05) is 0 Å². The van der Waals surface area contributed by atoms with E-state index in [1.165, 1.54) is 0 Å². The first-order valence-corrected chi connectivity index (χ1v) is 5.80. The second-order valence-corrected chi connectivity index (χ2v) is 4.49. The molecule has 0 amide bonds. The summed E-state index contributed by atoms with van der Waals surface area (Å²) in [5.41, 5.74) is 5.32. The van der Waals surface area contributed by atoms with Crippen LogP contribution in [0.2, 0.25) is 0 Å². The molecule has 2 N–H and O–H groups in total. The van der Waals surface area contributed by atoms with E-state index in [0.717, 1.165) is 6.92 Å². The predicted octanol–water partition coefficient (Wildman–Crippen LogP) is -0.135. The van der Waals surface area contributed by atoms with Crippen molar-refractivity contribution in [3.63, 3.8) is 0 Å². The Kier molecular flexibility index (Phi) is 3.66. The number of carbonyl (C=O) groups excluding carboxylic acids is 3. The highest BCUT2D eigenvalue weighted by atomic mass is 31.2. The number of hydrogen-bond acceptors (Lipinski definition) is 8. The van der Waals surface area contributed by atoms with E-state index in [2.05, 4.69) is 13.6 Å². The zero-order valence-corrected chi connectivity index (χ0v) is 9.27. The quantitative estimate of drug-likeness (QED) is 0.639. The van der Waals surface area contributed by atoms with E-state index in [1.54, 1.807) is 0 Å². The number of phosphoric acid groups is 1. The summed E-state index contributed by atoms with van der Waals surface area (Å²) in [7, 11) is -4.52. The average Bonchev–Trinajstić information content (AvgIpc) is 2.10. The maximum absolute atomic E-state index is 11.6. The predicted molar refractivity (Wildman–Crippen MR) is 48.8 cm³/mol. The molecule has 90 valence electrons. The van der Waals surface area contributed by atoms with Crippen LogP contribution in [0.15, 0.2) is 0 Å². The molecule has 0 bridgehead atoms. The van der Waals surface area contributed by atoms with Gasteiger partial charge in [0.1, 0.15) is 6.04 Å². The molecule has 2 unspecified atom stereocenters. The number of hydrogen-bond donors (Lipinski definition) is 1. The lowest BCUT2D eigenvalue weighted by Crippen LogP contribution is -2.34. The zero-order valence-electron chi connectivity index (χ0n) is 8.37. The van der Waals surface area contributed by atoms with Gasteiger partial charge in [0, 0.05) is 13.3 Å². The maximum Gasteiger partial charge on any atom is 0.653 e. The van der Waals surface area contributed by atoms with Crippen LogP contribution in [0.4, 0.5) is 0 Å². The van der Waals surface area contributed by atoms with E-state index in [1.807, 2.05) is 0 Å². The first-order valence-electron chi connectivity index (χ1n) is 4.34. The number of rotatable bonds is 1. The Bertz CT molecular complexity index is 379. The van der Waals surface area contributed by atoms with Crippen molar-refractivity contribution in [2.24, 2.45) is 5.73 Å². The summed E-state index contributed by atoms with van der Waals surface area (Å²) in [5, 5.41) is 0. The summed E-state index contributed by atoms with van der Waals surface area (Å²) in [6, 6.07) is -1.10. The summed E-state index contributed by atoms with van der Waals surface area (Å²) >= 11 is 0. The van der Waals surface area contributed by atoms with Gasteiger partial charge in [-0.3, -0.25) is 9.59 Å². The van der Waals surface area contributed by atoms with E-state index in [0.29, 0.717) is 0 Å². The molecule has 16 heavy (non-hydrogen) atoms. The Labute approximate surface area is 90.6 Å². The van der Waals surface area contributed by atoms with Gasteiger partial charge in [0.25, 0.3) is 0 Å². The van der Waals surface area contributed by atoms with E-state index < -0.39 is 31.8 Å². The van der Waals surface area contributed by atoms with Crippen molar-refractivity contribution in [2.45, 2.75) is 25.8 Å². The van der Waals surface area contributed by atoms with Gasteiger partial charge >= 0.3 is 25.7 Å². The number of carbonyl (C=O) groups is 3. The minimum atomic E-state index is -4.52. The normalized spacial score (nSPS) is 30.8. The Morgan fingerprint density at radius 3 is 2.69 bits per heavy atom. The van der Waals surface area contributed by atoms with E-state index in [-0.39, 0.29) is 12.8 Å². The van der Waals surface area contributed by atoms with Crippen molar-refractivity contribution < 1.29 is 32.5 Å². The van der Waals surface area contributed by atoms with Gasteiger partial charge in [-0.1, -0.05) is 0 Å². The molecule has 0 spiro atoms. The topological polar surface area (TPSA) is 122 Å². The van der Waals surface area contributed by atoms with Crippen LogP contribution in [0.3, 0.4) is 0 Å². The maximum atomic E-state index is 11.6. The molecule has 0 aliphatic carbocycles. The van der Waals surface area contributed by atoms with Gasteiger partial charge in [-0.05, 0) is 6.42 Å². The first-order chi connectivity index (χ1) is 7.32. The van der Waals surface area contributed by atoms with E-state index in [4.69, 9.17) is 5.73 Å². The van der Waals surface area contributed by atoms with Crippen molar-refractivity contribution in [1.82, 2.24) is 0 Å². The summed E-state index contributed by atoms with van der Waals surface area (Å²) in [5.74, 6) is -2.96. The number of phosphoric ester groups is 1. The fourth-order valence-electron chi connectivity index (χ4n) is 0.953. The van der Waals surface area contributed by atoms with Crippen LogP contribution in [0.25, 0.3) is 0 Å². The van der Waals surface area contributed by atoms with E-state index in [9.17, 15) is 18.9 Å². The molecule has 0 aromatic rings. The van der Waals surface area contributed by atoms with E-state index >= 15 is 0 Å². The number of nitrogens with two attached hydrogens (primary N) is 1. The second kappa shape index (κ2) is 4.63. The Morgan fingerprint density at radius 1 is 1.50 bits per heavy atom. The molecule has 0 aromatic carbocycles. The molecule has 0 radical (unpaired) electrons.